The summed E-state index contributed by atoms with van der Waals surface area (Å²) >= 11 is 0. The van der Waals surface area contributed by atoms with E-state index >= 15 is 0 Å². The highest BCUT2D eigenvalue weighted by Crippen LogP contribution is 2.39. The molecule has 0 heterocycles. The summed E-state index contributed by atoms with van der Waals surface area (Å²) in [5.41, 5.74) is -0.248. The van der Waals surface area contributed by atoms with E-state index in [9.17, 15) is 9.59 Å². The van der Waals surface area contributed by atoms with Crippen LogP contribution in [0.25, 0.3) is 0 Å². The van der Waals surface area contributed by atoms with Crippen LogP contribution in [-0.4, -0.2) is 40.6 Å². The summed E-state index contributed by atoms with van der Waals surface area (Å²) in [6, 6.07) is -1.07. The minimum absolute atomic E-state index is 0.248. The smallest absolute Gasteiger partial charge is 0.326 e. The van der Waals surface area contributed by atoms with Crippen LogP contribution in [0.1, 0.15) is 40.0 Å². The molecule has 0 aromatic rings. The van der Waals surface area contributed by atoms with Gasteiger partial charge in [0.25, 0.3) is 0 Å². The zero-order valence-electron chi connectivity index (χ0n) is 11.0. The molecule has 2 amide bonds. The van der Waals surface area contributed by atoms with E-state index in [2.05, 4.69) is 5.32 Å². The lowest BCUT2D eigenvalue weighted by Crippen LogP contribution is -2.54. The Balaban J connectivity index is 2.59. The normalized spacial score (nSPS) is 17.4. The van der Waals surface area contributed by atoms with Gasteiger partial charge >= 0.3 is 12.0 Å². The number of carbonyl (C=O) groups excluding carboxylic acids is 1. The highest BCUT2D eigenvalue weighted by atomic mass is 16.4. The fraction of sp³-hybridized carbons (Fsp3) is 0.833. The second-order valence-corrected chi connectivity index (χ2v) is 5.30. The number of nitrogens with one attached hydrogen (secondary N) is 1. The van der Waals surface area contributed by atoms with Gasteiger partial charge in [-0.3, -0.25) is 0 Å². The molecule has 0 aromatic heterocycles. The third-order valence-corrected chi connectivity index (χ3v) is 3.49. The molecule has 0 saturated heterocycles. The summed E-state index contributed by atoms with van der Waals surface area (Å²) in [5.74, 6) is -0.445. The van der Waals surface area contributed by atoms with Crippen molar-refractivity contribution in [2.45, 2.75) is 51.6 Å². The topological polar surface area (TPSA) is 69.6 Å². The molecular formula is C12H22N2O3. The molecule has 0 aromatic carbocycles. The highest BCUT2D eigenvalue weighted by Gasteiger charge is 2.40. The molecule has 0 spiro atoms. The number of carbonyl (C=O) groups is 2. The van der Waals surface area contributed by atoms with Crippen molar-refractivity contribution in [3.8, 4) is 0 Å². The molecular weight excluding hydrogens is 220 g/mol. The molecule has 5 heteroatoms. The van der Waals surface area contributed by atoms with Crippen LogP contribution in [0.5, 0.6) is 0 Å². The van der Waals surface area contributed by atoms with Gasteiger partial charge in [0.15, 0.2) is 0 Å². The molecule has 1 fully saturated rings. The van der Waals surface area contributed by atoms with Gasteiger partial charge in [-0.05, 0) is 39.0 Å². The largest absolute Gasteiger partial charge is 0.480 e. The summed E-state index contributed by atoms with van der Waals surface area (Å²) in [5, 5.41) is 11.9. The zero-order chi connectivity index (χ0) is 13.2. The maximum atomic E-state index is 11.9. The molecule has 0 bridgehead atoms. The number of hydrogen-bond acceptors (Lipinski definition) is 2. The minimum Gasteiger partial charge on any atom is -0.480 e. The zero-order valence-corrected chi connectivity index (χ0v) is 11.0. The Morgan fingerprint density at radius 1 is 1.47 bits per heavy atom. The van der Waals surface area contributed by atoms with Crippen molar-refractivity contribution < 1.29 is 14.7 Å². The van der Waals surface area contributed by atoms with Crippen LogP contribution < -0.4 is 5.32 Å². The first kappa shape index (κ1) is 13.8. The average Bonchev–Trinajstić information content (AvgIpc) is 3.00. The van der Waals surface area contributed by atoms with Gasteiger partial charge < -0.3 is 15.3 Å². The number of amides is 2. The van der Waals surface area contributed by atoms with Crippen molar-refractivity contribution in [3.05, 3.63) is 0 Å². The maximum absolute atomic E-state index is 11.9. The third-order valence-electron chi connectivity index (χ3n) is 3.49. The van der Waals surface area contributed by atoms with E-state index in [-0.39, 0.29) is 11.6 Å². The summed E-state index contributed by atoms with van der Waals surface area (Å²) in [7, 11) is 1.53. The first-order valence-corrected chi connectivity index (χ1v) is 6.07. The van der Waals surface area contributed by atoms with Crippen molar-refractivity contribution in [1.29, 1.82) is 0 Å². The predicted molar refractivity (Wildman–Crippen MR) is 64.8 cm³/mol. The van der Waals surface area contributed by atoms with Gasteiger partial charge in [0.1, 0.15) is 6.04 Å². The van der Waals surface area contributed by atoms with Crippen LogP contribution in [0.3, 0.4) is 0 Å². The van der Waals surface area contributed by atoms with E-state index in [4.69, 9.17) is 5.11 Å². The van der Waals surface area contributed by atoms with Crippen molar-refractivity contribution in [1.82, 2.24) is 10.2 Å². The number of aliphatic carboxylic acids is 1. The van der Waals surface area contributed by atoms with Crippen LogP contribution in [-0.2, 0) is 4.79 Å². The Morgan fingerprint density at radius 2 is 2.00 bits per heavy atom. The molecule has 1 atom stereocenters. The monoisotopic (exact) mass is 242 g/mol. The van der Waals surface area contributed by atoms with Crippen LogP contribution in [0, 0.1) is 5.92 Å². The van der Waals surface area contributed by atoms with Crippen molar-refractivity contribution in [2.75, 3.05) is 7.05 Å². The third kappa shape index (κ3) is 3.35. The summed E-state index contributed by atoms with van der Waals surface area (Å²) in [4.78, 5) is 24.2. The van der Waals surface area contributed by atoms with Crippen molar-refractivity contribution in [3.63, 3.8) is 0 Å². The van der Waals surface area contributed by atoms with Crippen LogP contribution in [0.15, 0.2) is 0 Å². The molecule has 1 saturated carbocycles. The van der Waals surface area contributed by atoms with Gasteiger partial charge in [-0.1, -0.05) is 6.92 Å². The van der Waals surface area contributed by atoms with Crippen molar-refractivity contribution >= 4 is 12.0 Å². The molecule has 17 heavy (non-hydrogen) atoms. The Morgan fingerprint density at radius 3 is 2.35 bits per heavy atom. The predicted octanol–water partition coefficient (Wildman–Crippen LogP) is 1.68. The first-order valence-electron chi connectivity index (χ1n) is 6.07. The van der Waals surface area contributed by atoms with E-state index < -0.39 is 12.0 Å². The summed E-state index contributed by atoms with van der Waals surface area (Å²) < 4.78 is 0. The molecule has 98 valence electrons. The van der Waals surface area contributed by atoms with Gasteiger partial charge in [0, 0.05) is 12.6 Å². The summed E-state index contributed by atoms with van der Waals surface area (Å²) in [6.45, 7) is 5.73. The molecule has 1 rings (SSSR count). The average molecular weight is 242 g/mol. The van der Waals surface area contributed by atoms with Gasteiger partial charge in [-0.15, -0.1) is 0 Å². The number of carboxylic acids is 1. The molecule has 1 aliphatic carbocycles. The minimum atomic E-state index is -0.964. The number of urea groups is 1. The second kappa shape index (κ2) is 4.94. The lowest BCUT2D eigenvalue weighted by Gasteiger charge is -2.31. The fourth-order valence-corrected chi connectivity index (χ4v) is 2.03. The Hall–Kier alpha value is -1.26. The van der Waals surface area contributed by atoms with Crippen LogP contribution in [0.2, 0.25) is 0 Å². The SMILES string of the molecule is CCC(C(=O)O)N(C)C(=O)NC(C)(C)C1CC1. The van der Waals surface area contributed by atoms with Gasteiger partial charge in [-0.2, -0.15) is 0 Å². The van der Waals surface area contributed by atoms with Gasteiger partial charge in [-0.25, -0.2) is 9.59 Å². The van der Waals surface area contributed by atoms with Crippen LogP contribution in [0.4, 0.5) is 4.79 Å². The maximum Gasteiger partial charge on any atom is 0.326 e. The lowest BCUT2D eigenvalue weighted by molar-refractivity contribution is -0.141. The lowest BCUT2D eigenvalue weighted by atomic mass is 9.99. The second-order valence-electron chi connectivity index (χ2n) is 5.30. The number of hydrogen-bond donors (Lipinski definition) is 2. The molecule has 0 radical (unpaired) electrons. The molecule has 5 nitrogen and oxygen atoms in total. The van der Waals surface area contributed by atoms with E-state index in [0.717, 1.165) is 12.8 Å². The molecule has 1 aliphatic rings. The Kier molecular flexibility index (Phi) is 4.01. The Labute approximate surface area is 102 Å². The van der Waals surface area contributed by atoms with Crippen LogP contribution >= 0.6 is 0 Å². The van der Waals surface area contributed by atoms with E-state index in [1.165, 1.54) is 11.9 Å². The van der Waals surface area contributed by atoms with E-state index in [0.29, 0.717) is 12.3 Å². The number of carboxylic acid groups (broad SMARTS) is 1. The number of nitrogens with zero attached hydrogens (tertiary/aromatic N) is 1. The van der Waals surface area contributed by atoms with Gasteiger partial charge in [0.2, 0.25) is 0 Å². The number of rotatable bonds is 5. The molecule has 1 unspecified atom stereocenters. The Bertz CT molecular complexity index is 311. The van der Waals surface area contributed by atoms with Gasteiger partial charge in [0.05, 0.1) is 0 Å². The van der Waals surface area contributed by atoms with E-state index in [1.54, 1.807) is 6.92 Å². The highest BCUT2D eigenvalue weighted by molar-refractivity contribution is 5.82. The fourth-order valence-electron chi connectivity index (χ4n) is 2.03. The molecule has 2 N–H and O–H groups in total. The van der Waals surface area contributed by atoms with E-state index in [1.807, 2.05) is 13.8 Å². The molecule has 0 aliphatic heterocycles. The standard InChI is InChI=1S/C12H22N2O3/c1-5-9(10(15)16)14(4)11(17)13-12(2,3)8-6-7-8/h8-9H,5-7H2,1-4H3,(H,13,17)(H,15,16). The first-order chi connectivity index (χ1) is 7.79. The summed E-state index contributed by atoms with van der Waals surface area (Å²) in [6.07, 6.45) is 2.67. The number of likely N-dealkylation sites (N-methyl/N-ethyl adjacent to an activating group) is 1. The van der Waals surface area contributed by atoms with Crippen molar-refractivity contribution in [2.24, 2.45) is 5.92 Å². The quantitative estimate of drug-likeness (QED) is 0.770.